The van der Waals surface area contributed by atoms with Crippen LogP contribution in [0.25, 0.3) is 0 Å². The summed E-state index contributed by atoms with van der Waals surface area (Å²) in [6.07, 6.45) is 6.33. The van der Waals surface area contributed by atoms with Gasteiger partial charge in [-0.05, 0) is 63.8 Å². The minimum atomic E-state index is -3.70. The Morgan fingerprint density at radius 1 is 1.26 bits per heavy atom. The number of piperidine rings is 1. The highest BCUT2D eigenvalue weighted by Crippen LogP contribution is 2.26. The zero-order valence-corrected chi connectivity index (χ0v) is 17.3. The summed E-state index contributed by atoms with van der Waals surface area (Å²) in [6.45, 7) is 4.91. The molecule has 1 heterocycles. The van der Waals surface area contributed by atoms with E-state index in [1.54, 1.807) is 6.07 Å². The minimum absolute atomic E-state index is 0.0132. The number of rotatable bonds is 8. The van der Waals surface area contributed by atoms with Crippen LogP contribution < -0.4 is 10.0 Å². The van der Waals surface area contributed by atoms with Gasteiger partial charge in [0, 0.05) is 30.7 Å². The van der Waals surface area contributed by atoms with Crippen molar-refractivity contribution < 1.29 is 13.2 Å². The van der Waals surface area contributed by atoms with E-state index in [4.69, 9.17) is 11.6 Å². The molecule has 2 N–H and O–H groups in total. The predicted octanol–water partition coefficient (Wildman–Crippen LogP) is 2.78. The molecule has 1 atom stereocenters. The molecule has 0 spiro atoms. The highest BCUT2D eigenvalue weighted by molar-refractivity contribution is 7.89. The Morgan fingerprint density at radius 3 is 2.74 bits per heavy atom. The Hall–Kier alpha value is -1.15. The first kappa shape index (κ1) is 20.6. The van der Waals surface area contributed by atoms with E-state index in [9.17, 15) is 13.2 Å². The van der Waals surface area contributed by atoms with Crippen molar-refractivity contribution in [1.29, 1.82) is 0 Å². The van der Waals surface area contributed by atoms with Crippen molar-refractivity contribution >= 4 is 27.5 Å². The zero-order chi connectivity index (χ0) is 19.4. The first-order chi connectivity index (χ1) is 12.9. The smallest absolute Gasteiger partial charge is 0.251 e. The van der Waals surface area contributed by atoms with Gasteiger partial charge in [0.05, 0.1) is 5.02 Å². The number of sulfonamides is 1. The zero-order valence-electron chi connectivity index (χ0n) is 15.7. The van der Waals surface area contributed by atoms with Gasteiger partial charge >= 0.3 is 0 Å². The van der Waals surface area contributed by atoms with Crippen LogP contribution in [0.3, 0.4) is 0 Å². The number of hydrogen-bond donors (Lipinski definition) is 2. The summed E-state index contributed by atoms with van der Waals surface area (Å²) in [5, 5.41) is 3.00. The van der Waals surface area contributed by atoms with E-state index in [0.717, 1.165) is 32.4 Å². The molecule has 1 saturated carbocycles. The SMILES string of the molecule is C[C@@H]1CCCCN1CCCNC(=O)c1ccc(Cl)c(S(=O)(=O)NC2CC2)c1. The molecule has 1 aliphatic carbocycles. The second-order valence-corrected chi connectivity index (χ2v) is 9.62. The fourth-order valence-corrected chi connectivity index (χ4v) is 5.24. The molecule has 0 radical (unpaired) electrons. The van der Waals surface area contributed by atoms with Crippen molar-refractivity contribution in [2.24, 2.45) is 0 Å². The molecule has 1 aliphatic heterocycles. The van der Waals surface area contributed by atoms with Crippen LogP contribution >= 0.6 is 11.6 Å². The van der Waals surface area contributed by atoms with Gasteiger partial charge in [0.15, 0.2) is 0 Å². The van der Waals surface area contributed by atoms with Crippen LogP contribution in [0.5, 0.6) is 0 Å². The molecule has 0 bridgehead atoms. The van der Waals surface area contributed by atoms with Crippen LogP contribution in [0, 0.1) is 0 Å². The summed E-state index contributed by atoms with van der Waals surface area (Å²) >= 11 is 6.06. The molecule has 1 aromatic carbocycles. The molecule has 3 rings (SSSR count). The Bertz CT molecular complexity index is 780. The average Bonchev–Trinajstić information content (AvgIpc) is 3.43. The molecular formula is C19H28ClN3O3S. The maximum absolute atomic E-state index is 12.4. The molecule has 1 aromatic rings. The standard InChI is InChI=1S/C19H28ClN3O3S/c1-14-5-2-3-11-23(14)12-4-10-21-19(24)15-6-9-17(20)18(13-15)27(25,26)22-16-7-8-16/h6,9,13-14,16,22H,2-5,7-8,10-12H2,1H3,(H,21,24)/t14-/m1/s1. The van der Waals surface area contributed by atoms with E-state index in [1.807, 2.05) is 0 Å². The van der Waals surface area contributed by atoms with Crippen molar-refractivity contribution in [3.8, 4) is 0 Å². The van der Waals surface area contributed by atoms with Crippen molar-refractivity contribution in [2.75, 3.05) is 19.6 Å². The number of hydrogen-bond acceptors (Lipinski definition) is 4. The van der Waals surface area contributed by atoms with Crippen LogP contribution in [-0.2, 0) is 10.0 Å². The van der Waals surface area contributed by atoms with Gasteiger partial charge in [0.2, 0.25) is 10.0 Å². The van der Waals surface area contributed by atoms with E-state index >= 15 is 0 Å². The second kappa shape index (κ2) is 8.90. The monoisotopic (exact) mass is 413 g/mol. The lowest BCUT2D eigenvalue weighted by molar-refractivity contribution is 0.0948. The van der Waals surface area contributed by atoms with E-state index in [-0.39, 0.29) is 21.9 Å². The average molecular weight is 414 g/mol. The normalized spacial score (nSPS) is 21.2. The van der Waals surface area contributed by atoms with Gasteiger partial charge in [0.25, 0.3) is 5.91 Å². The van der Waals surface area contributed by atoms with Crippen molar-refractivity contribution in [3.05, 3.63) is 28.8 Å². The molecule has 1 saturated heterocycles. The quantitative estimate of drug-likeness (QED) is 0.642. The second-order valence-electron chi connectivity index (χ2n) is 7.53. The van der Waals surface area contributed by atoms with Gasteiger partial charge in [-0.2, -0.15) is 0 Å². The lowest BCUT2D eigenvalue weighted by atomic mass is 10.0. The number of likely N-dealkylation sites (tertiary alicyclic amines) is 1. The number of amides is 1. The molecule has 150 valence electrons. The Kier molecular flexibility index (Phi) is 6.78. The van der Waals surface area contributed by atoms with E-state index in [0.29, 0.717) is 18.2 Å². The third kappa shape index (κ3) is 5.67. The summed E-state index contributed by atoms with van der Waals surface area (Å²) in [5.41, 5.74) is 0.307. The fraction of sp³-hybridized carbons (Fsp3) is 0.632. The summed E-state index contributed by atoms with van der Waals surface area (Å²) in [4.78, 5) is 14.8. The Balaban J connectivity index is 1.54. The molecule has 2 aliphatic rings. The van der Waals surface area contributed by atoms with Crippen molar-refractivity contribution in [1.82, 2.24) is 14.9 Å². The number of benzene rings is 1. The summed E-state index contributed by atoms with van der Waals surface area (Å²) < 4.78 is 27.4. The van der Waals surface area contributed by atoms with Gasteiger partial charge in [-0.1, -0.05) is 18.0 Å². The van der Waals surface area contributed by atoms with E-state index < -0.39 is 10.0 Å². The molecule has 8 heteroatoms. The minimum Gasteiger partial charge on any atom is -0.352 e. The van der Waals surface area contributed by atoms with Gasteiger partial charge < -0.3 is 10.2 Å². The molecular weight excluding hydrogens is 386 g/mol. The highest BCUT2D eigenvalue weighted by Gasteiger charge is 2.29. The first-order valence-corrected chi connectivity index (χ1v) is 11.6. The molecule has 0 unspecified atom stereocenters. The number of nitrogens with zero attached hydrogens (tertiary/aromatic N) is 1. The lowest BCUT2D eigenvalue weighted by Gasteiger charge is -2.33. The third-order valence-corrected chi connectivity index (χ3v) is 7.23. The van der Waals surface area contributed by atoms with E-state index in [1.165, 1.54) is 31.4 Å². The van der Waals surface area contributed by atoms with Crippen molar-refractivity contribution in [2.45, 2.75) is 62.4 Å². The van der Waals surface area contributed by atoms with Gasteiger partial charge in [-0.3, -0.25) is 4.79 Å². The van der Waals surface area contributed by atoms with Crippen LogP contribution in [0.4, 0.5) is 0 Å². The molecule has 0 aromatic heterocycles. The number of halogens is 1. The Morgan fingerprint density at radius 2 is 2.04 bits per heavy atom. The highest BCUT2D eigenvalue weighted by atomic mass is 35.5. The van der Waals surface area contributed by atoms with Crippen LogP contribution in [-0.4, -0.2) is 50.9 Å². The summed E-state index contributed by atoms with van der Waals surface area (Å²) in [6, 6.07) is 4.97. The topological polar surface area (TPSA) is 78.5 Å². The maximum Gasteiger partial charge on any atom is 0.251 e. The largest absolute Gasteiger partial charge is 0.352 e. The summed E-state index contributed by atoms with van der Waals surface area (Å²) in [5.74, 6) is -0.277. The number of nitrogens with one attached hydrogen (secondary N) is 2. The maximum atomic E-state index is 12.4. The third-order valence-electron chi connectivity index (χ3n) is 5.23. The van der Waals surface area contributed by atoms with Gasteiger partial charge in [-0.15, -0.1) is 0 Å². The Labute approximate surface area is 166 Å². The molecule has 6 nitrogen and oxygen atoms in total. The predicted molar refractivity (Wildman–Crippen MR) is 107 cm³/mol. The fourth-order valence-electron chi connectivity index (χ4n) is 3.41. The van der Waals surface area contributed by atoms with E-state index in [2.05, 4.69) is 21.9 Å². The van der Waals surface area contributed by atoms with Crippen molar-refractivity contribution in [3.63, 3.8) is 0 Å². The number of carbonyl (C=O) groups is 1. The molecule has 1 amide bonds. The summed E-state index contributed by atoms with van der Waals surface area (Å²) in [7, 11) is -3.70. The molecule has 27 heavy (non-hydrogen) atoms. The van der Waals surface area contributed by atoms with Gasteiger partial charge in [-0.25, -0.2) is 13.1 Å². The lowest BCUT2D eigenvalue weighted by Crippen LogP contribution is -2.39. The number of carbonyl (C=O) groups excluding carboxylic acids is 1. The van der Waals surface area contributed by atoms with Crippen LogP contribution in [0.2, 0.25) is 5.02 Å². The van der Waals surface area contributed by atoms with Gasteiger partial charge in [0.1, 0.15) is 4.90 Å². The molecule has 2 fully saturated rings. The van der Waals surface area contributed by atoms with Crippen LogP contribution in [0.15, 0.2) is 23.1 Å². The first-order valence-electron chi connectivity index (χ1n) is 9.71. The van der Waals surface area contributed by atoms with Crippen LogP contribution in [0.1, 0.15) is 55.8 Å².